The Morgan fingerprint density at radius 1 is 0.494 bits per heavy atom. The van der Waals surface area contributed by atoms with Crippen molar-refractivity contribution >= 4 is 11.9 Å². The normalized spacial score (nSPS) is 19.2. The second-order valence-corrected chi connectivity index (χ2v) is 22.8. The van der Waals surface area contributed by atoms with Gasteiger partial charge < -0.3 is 45.1 Å². The minimum absolute atomic E-state index is 0.116. The number of esters is 1. The molecule has 0 aromatic rings. The Kier molecular flexibility index (Phi) is 53.6. The summed E-state index contributed by atoms with van der Waals surface area (Å²) in [6.45, 7) is 5.67. The molecule has 0 saturated carbocycles. The van der Waals surface area contributed by atoms with E-state index in [4.69, 9.17) is 14.2 Å². The van der Waals surface area contributed by atoms with Gasteiger partial charge in [0.05, 0.1) is 25.4 Å². The second kappa shape index (κ2) is 57.3. The Labute approximate surface area is 495 Å². The number of amides is 1. The van der Waals surface area contributed by atoms with Crippen molar-refractivity contribution in [1.82, 2.24) is 5.32 Å². The number of rotatable bonds is 56. The third-order valence-corrected chi connectivity index (χ3v) is 15.3. The van der Waals surface area contributed by atoms with Gasteiger partial charge in [-0.3, -0.25) is 9.59 Å². The van der Waals surface area contributed by atoms with Crippen molar-refractivity contribution in [2.45, 2.75) is 333 Å². The molecule has 0 aromatic heterocycles. The van der Waals surface area contributed by atoms with Crippen LogP contribution in [0.4, 0.5) is 0 Å². The Balaban J connectivity index is 2.67. The molecule has 6 N–H and O–H groups in total. The van der Waals surface area contributed by atoms with Crippen molar-refractivity contribution in [2.75, 3.05) is 13.2 Å². The van der Waals surface area contributed by atoms with Crippen LogP contribution in [0.25, 0.3) is 0 Å². The number of ether oxygens (including phenoxy) is 3. The number of hydrogen-bond acceptors (Lipinski definition) is 10. The van der Waals surface area contributed by atoms with E-state index in [1.54, 1.807) is 6.08 Å². The maximum atomic E-state index is 13.4. The average Bonchev–Trinajstić information content (AvgIpc) is 3.46. The van der Waals surface area contributed by atoms with Gasteiger partial charge in [0.2, 0.25) is 5.91 Å². The number of carbonyl (C=O) groups excluding carboxylic acids is 2. The number of carbonyl (C=O) groups is 2. The molecule has 1 aliphatic heterocycles. The van der Waals surface area contributed by atoms with E-state index < -0.39 is 67.4 Å². The first kappa shape index (κ1) is 75.9. The zero-order chi connectivity index (χ0) is 58.9. The predicted octanol–water partition coefficient (Wildman–Crippen LogP) is 16.5. The van der Waals surface area contributed by atoms with Gasteiger partial charge in [0.25, 0.3) is 0 Å². The lowest BCUT2D eigenvalue weighted by Gasteiger charge is -2.41. The summed E-state index contributed by atoms with van der Waals surface area (Å²) < 4.78 is 17.7. The van der Waals surface area contributed by atoms with Crippen LogP contribution in [0, 0.1) is 0 Å². The summed E-state index contributed by atoms with van der Waals surface area (Å²) in [5, 5.41) is 57.1. The molecule has 1 aliphatic rings. The Bertz CT molecular complexity index is 1640. The molecule has 1 fully saturated rings. The summed E-state index contributed by atoms with van der Waals surface area (Å²) in [5.41, 5.74) is 0. The zero-order valence-electron chi connectivity index (χ0n) is 51.9. The molecule has 11 nitrogen and oxygen atoms in total. The third-order valence-electron chi connectivity index (χ3n) is 15.3. The van der Waals surface area contributed by atoms with Crippen LogP contribution in [0.15, 0.2) is 85.1 Å². The van der Waals surface area contributed by atoms with E-state index in [0.717, 1.165) is 83.5 Å². The fraction of sp³-hybridized carbons (Fsp3) is 0.771. The van der Waals surface area contributed by atoms with Crippen molar-refractivity contribution < 1.29 is 49.3 Å². The van der Waals surface area contributed by atoms with E-state index in [1.807, 2.05) is 6.08 Å². The summed E-state index contributed by atoms with van der Waals surface area (Å²) >= 11 is 0. The van der Waals surface area contributed by atoms with E-state index in [2.05, 4.69) is 99.0 Å². The first-order valence-electron chi connectivity index (χ1n) is 33.4. The lowest BCUT2D eigenvalue weighted by Crippen LogP contribution is -2.61. The van der Waals surface area contributed by atoms with Gasteiger partial charge in [0.15, 0.2) is 12.4 Å². The van der Waals surface area contributed by atoms with E-state index in [0.29, 0.717) is 12.8 Å². The van der Waals surface area contributed by atoms with Crippen LogP contribution in [-0.4, -0.2) is 99.6 Å². The van der Waals surface area contributed by atoms with Crippen molar-refractivity contribution in [1.29, 1.82) is 0 Å². The molecule has 1 saturated heterocycles. The molecule has 1 heterocycles. The van der Waals surface area contributed by atoms with Crippen molar-refractivity contribution in [2.24, 2.45) is 0 Å². The topological polar surface area (TPSA) is 175 Å². The number of nitrogens with one attached hydrogen (secondary N) is 1. The summed E-state index contributed by atoms with van der Waals surface area (Å²) in [6.07, 6.45) is 64.7. The van der Waals surface area contributed by atoms with Gasteiger partial charge in [-0.1, -0.05) is 266 Å². The maximum Gasteiger partial charge on any atom is 0.306 e. The van der Waals surface area contributed by atoms with Crippen LogP contribution < -0.4 is 5.32 Å². The molecule has 0 radical (unpaired) electrons. The van der Waals surface area contributed by atoms with Crippen molar-refractivity contribution in [3.8, 4) is 0 Å². The fourth-order valence-electron chi connectivity index (χ4n) is 10.0. The van der Waals surface area contributed by atoms with Crippen LogP contribution in [0.5, 0.6) is 0 Å². The average molecular weight is 1140 g/mol. The molecule has 0 aromatic carbocycles. The van der Waals surface area contributed by atoms with Crippen LogP contribution >= 0.6 is 0 Å². The molecule has 81 heavy (non-hydrogen) atoms. The van der Waals surface area contributed by atoms with Crippen LogP contribution in [0.1, 0.15) is 284 Å². The van der Waals surface area contributed by atoms with Gasteiger partial charge in [-0.2, -0.15) is 0 Å². The number of aliphatic hydroxyl groups is 5. The van der Waals surface area contributed by atoms with Gasteiger partial charge in [-0.15, -0.1) is 0 Å². The molecule has 11 heteroatoms. The molecule has 0 aliphatic carbocycles. The fourth-order valence-corrected chi connectivity index (χ4v) is 10.0. The standard InChI is InChI=1S/C70H123NO10/c1-4-7-10-13-16-19-22-25-27-29-31-32-33-35-37-40-43-46-49-52-55-58-65(75)81-68-67(77)66(76)64(59-72)80-70(68)79-60-61(62(73)56-53-50-47-44-41-38-24-21-18-15-12-9-6-3)71-69(78)63(74)57-54-51-48-45-42-39-36-34-30-28-26-23-20-17-14-11-8-5-2/h8,11,17,20,25-28,34,36,42,45,53,56,61-64,66-68,70,72-74,76-77H,4-7,9-10,12-16,18-19,21-24,29-33,35,37-41,43-44,46-52,54-55,57-60H2,1-3H3,(H,71,78)/b11-8-,20-17-,27-25+,28-26-,36-34-,45-42-,56-53+. The molecule has 1 rings (SSSR count). The SMILES string of the molecule is CC/C=C\C/C=C\C/C=C\C/C=C\C/C=C\CCCCC(O)C(=O)NC(COC1OC(CO)C(O)C(O)C1OC(=O)CCCCCCCCCCCCC/C=C/CCCCCCCC)C(O)/C=C/CCCCCCCCCCCCC. The largest absolute Gasteiger partial charge is 0.454 e. The van der Waals surface area contributed by atoms with Gasteiger partial charge in [-0.25, -0.2) is 0 Å². The van der Waals surface area contributed by atoms with Gasteiger partial charge in [0, 0.05) is 6.42 Å². The summed E-state index contributed by atoms with van der Waals surface area (Å²) in [4.78, 5) is 26.6. The maximum absolute atomic E-state index is 13.4. The monoisotopic (exact) mass is 1140 g/mol. The van der Waals surface area contributed by atoms with E-state index in [-0.39, 0.29) is 19.4 Å². The summed E-state index contributed by atoms with van der Waals surface area (Å²) in [5.74, 6) is -1.23. The zero-order valence-corrected chi connectivity index (χ0v) is 51.9. The van der Waals surface area contributed by atoms with E-state index in [1.165, 1.54) is 154 Å². The smallest absolute Gasteiger partial charge is 0.306 e. The minimum Gasteiger partial charge on any atom is -0.454 e. The van der Waals surface area contributed by atoms with E-state index in [9.17, 15) is 35.1 Å². The predicted molar refractivity (Wildman–Crippen MR) is 338 cm³/mol. The van der Waals surface area contributed by atoms with Crippen LogP contribution in [-0.2, 0) is 23.8 Å². The molecule has 0 spiro atoms. The lowest BCUT2D eigenvalue weighted by atomic mass is 9.99. The Hall–Kier alpha value is -3.16. The highest BCUT2D eigenvalue weighted by molar-refractivity contribution is 5.80. The van der Waals surface area contributed by atoms with Gasteiger partial charge >= 0.3 is 5.97 Å². The van der Waals surface area contributed by atoms with Crippen molar-refractivity contribution in [3.63, 3.8) is 0 Å². The highest BCUT2D eigenvalue weighted by Crippen LogP contribution is 2.26. The first-order chi connectivity index (χ1) is 39.7. The Morgan fingerprint density at radius 3 is 1.35 bits per heavy atom. The summed E-state index contributed by atoms with van der Waals surface area (Å²) in [7, 11) is 0. The molecular formula is C70H123NO10. The first-order valence-corrected chi connectivity index (χ1v) is 33.4. The molecule has 0 bridgehead atoms. The van der Waals surface area contributed by atoms with Crippen LogP contribution in [0.3, 0.4) is 0 Å². The molecule has 1 amide bonds. The second-order valence-electron chi connectivity index (χ2n) is 22.8. The molecule has 8 unspecified atom stereocenters. The Morgan fingerprint density at radius 2 is 0.889 bits per heavy atom. The van der Waals surface area contributed by atoms with Crippen LogP contribution in [0.2, 0.25) is 0 Å². The molecular weight excluding hydrogens is 1010 g/mol. The minimum atomic E-state index is -1.62. The molecule has 8 atom stereocenters. The third kappa shape index (κ3) is 45.0. The summed E-state index contributed by atoms with van der Waals surface area (Å²) in [6, 6.07) is -1.05. The van der Waals surface area contributed by atoms with Gasteiger partial charge in [0.1, 0.15) is 24.4 Å². The quantitative estimate of drug-likeness (QED) is 0.0195. The van der Waals surface area contributed by atoms with Crippen molar-refractivity contribution in [3.05, 3.63) is 85.1 Å². The number of aliphatic hydroxyl groups excluding tert-OH is 5. The number of hydrogen-bond donors (Lipinski definition) is 6. The molecule has 468 valence electrons. The van der Waals surface area contributed by atoms with Gasteiger partial charge in [-0.05, 0) is 96.3 Å². The number of allylic oxidation sites excluding steroid dienone is 13. The highest BCUT2D eigenvalue weighted by atomic mass is 16.7. The lowest BCUT2D eigenvalue weighted by molar-refractivity contribution is -0.305. The number of unbranched alkanes of at least 4 members (excludes halogenated alkanes) is 30. The highest BCUT2D eigenvalue weighted by Gasteiger charge is 2.47. The van der Waals surface area contributed by atoms with E-state index >= 15 is 0 Å².